The zero-order valence-electron chi connectivity index (χ0n) is 12.6. The number of aromatic nitrogens is 1. The molecule has 0 fully saturated rings. The second-order valence-electron chi connectivity index (χ2n) is 5.34. The summed E-state index contributed by atoms with van der Waals surface area (Å²) in [5, 5.41) is 4.67. The van der Waals surface area contributed by atoms with Crippen molar-refractivity contribution >= 4 is 33.9 Å². The predicted octanol–water partition coefficient (Wildman–Crippen LogP) is 3.78. The highest BCUT2D eigenvalue weighted by Gasteiger charge is 2.17. The van der Waals surface area contributed by atoms with Crippen molar-refractivity contribution in [2.75, 3.05) is 5.32 Å². The number of nitrogens with two attached hydrogens (primary N) is 1. The van der Waals surface area contributed by atoms with Gasteiger partial charge in [-0.25, -0.2) is 4.98 Å². The number of nitrogens with zero attached hydrogens (tertiary/aromatic N) is 1. The fraction of sp³-hybridized carbons (Fsp3) is 0.250. The molecule has 6 heteroatoms. The van der Waals surface area contributed by atoms with Crippen LogP contribution in [0.4, 0.5) is 5.69 Å². The summed E-state index contributed by atoms with van der Waals surface area (Å²) in [6, 6.07) is 5.42. The lowest BCUT2D eigenvalue weighted by Gasteiger charge is -2.04. The zero-order valence-corrected chi connectivity index (χ0v) is 13.5. The molecule has 0 saturated heterocycles. The first-order chi connectivity index (χ1) is 10.5. The summed E-state index contributed by atoms with van der Waals surface area (Å²) in [5.41, 5.74) is 9.11. The molecule has 1 unspecified atom stereocenters. The third kappa shape index (κ3) is 2.63. The number of furan rings is 1. The lowest BCUT2D eigenvalue weighted by Crippen LogP contribution is -2.11. The fourth-order valence-electron chi connectivity index (χ4n) is 2.24. The SMILES string of the molecule is Cc1nc(C(C)N)sc1C(=O)Nc1ccc2occ(C)c2c1. The van der Waals surface area contributed by atoms with Crippen LogP contribution >= 0.6 is 11.3 Å². The van der Waals surface area contributed by atoms with E-state index in [0.29, 0.717) is 10.6 Å². The van der Waals surface area contributed by atoms with Gasteiger partial charge in [0.2, 0.25) is 0 Å². The summed E-state index contributed by atoms with van der Waals surface area (Å²) in [7, 11) is 0. The molecule has 2 aromatic heterocycles. The minimum Gasteiger partial charge on any atom is -0.464 e. The molecule has 1 amide bonds. The molecule has 0 aliphatic heterocycles. The molecule has 22 heavy (non-hydrogen) atoms. The van der Waals surface area contributed by atoms with Gasteiger partial charge in [-0.1, -0.05) is 0 Å². The number of benzene rings is 1. The van der Waals surface area contributed by atoms with Gasteiger partial charge >= 0.3 is 0 Å². The first-order valence-corrected chi connectivity index (χ1v) is 7.79. The number of aryl methyl sites for hydroxylation is 2. The highest BCUT2D eigenvalue weighted by molar-refractivity contribution is 7.14. The molecule has 0 aliphatic rings. The van der Waals surface area contributed by atoms with E-state index in [-0.39, 0.29) is 11.9 Å². The average molecular weight is 315 g/mol. The summed E-state index contributed by atoms with van der Waals surface area (Å²) in [4.78, 5) is 17.4. The third-order valence-electron chi connectivity index (χ3n) is 3.43. The number of anilines is 1. The van der Waals surface area contributed by atoms with Crippen LogP contribution in [0.25, 0.3) is 11.0 Å². The van der Waals surface area contributed by atoms with Crippen molar-refractivity contribution in [3.63, 3.8) is 0 Å². The van der Waals surface area contributed by atoms with Crippen molar-refractivity contribution in [3.8, 4) is 0 Å². The first-order valence-electron chi connectivity index (χ1n) is 6.98. The van der Waals surface area contributed by atoms with Crippen LogP contribution in [0.5, 0.6) is 0 Å². The van der Waals surface area contributed by atoms with E-state index in [1.165, 1.54) is 11.3 Å². The number of carbonyl (C=O) groups is 1. The number of thiazole rings is 1. The van der Waals surface area contributed by atoms with Crippen LogP contribution in [-0.4, -0.2) is 10.9 Å². The number of rotatable bonds is 3. The smallest absolute Gasteiger partial charge is 0.267 e. The zero-order chi connectivity index (χ0) is 15.9. The molecule has 1 aromatic carbocycles. The minimum absolute atomic E-state index is 0.164. The van der Waals surface area contributed by atoms with Gasteiger partial charge in [0.1, 0.15) is 15.5 Å². The Bertz CT molecular complexity index is 848. The van der Waals surface area contributed by atoms with Crippen LogP contribution in [0.3, 0.4) is 0 Å². The average Bonchev–Trinajstić information content (AvgIpc) is 3.03. The van der Waals surface area contributed by atoms with Crippen LogP contribution in [0, 0.1) is 13.8 Å². The molecule has 0 saturated carbocycles. The Kier molecular flexibility index (Phi) is 3.72. The van der Waals surface area contributed by atoms with Crippen molar-refractivity contribution in [3.05, 3.63) is 45.6 Å². The molecule has 3 N–H and O–H groups in total. The van der Waals surface area contributed by atoms with E-state index in [0.717, 1.165) is 27.2 Å². The Morgan fingerprint density at radius 3 is 2.86 bits per heavy atom. The Hall–Kier alpha value is -2.18. The number of hydrogen-bond acceptors (Lipinski definition) is 5. The molecular formula is C16H17N3O2S. The van der Waals surface area contributed by atoms with Crippen molar-refractivity contribution < 1.29 is 9.21 Å². The maximum atomic E-state index is 12.4. The van der Waals surface area contributed by atoms with Gasteiger partial charge in [-0.2, -0.15) is 0 Å². The first kappa shape index (κ1) is 14.7. The van der Waals surface area contributed by atoms with Gasteiger partial charge in [0.05, 0.1) is 18.0 Å². The van der Waals surface area contributed by atoms with Gasteiger partial charge in [-0.15, -0.1) is 11.3 Å². The Labute approximate surface area is 132 Å². The second-order valence-corrected chi connectivity index (χ2v) is 6.37. The quantitative estimate of drug-likeness (QED) is 0.770. The number of carbonyl (C=O) groups excluding carboxylic acids is 1. The van der Waals surface area contributed by atoms with E-state index in [1.54, 1.807) is 6.26 Å². The van der Waals surface area contributed by atoms with Crippen LogP contribution in [0.2, 0.25) is 0 Å². The Balaban J connectivity index is 1.87. The van der Waals surface area contributed by atoms with E-state index < -0.39 is 0 Å². The number of fused-ring (bicyclic) bond motifs is 1. The van der Waals surface area contributed by atoms with Gasteiger partial charge in [0, 0.05) is 11.1 Å². The lowest BCUT2D eigenvalue weighted by molar-refractivity contribution is 0.103. The molecule has 3 aromatic rings. The molecule has 114 valence electrons. The largest absolute Gasteiger partial charge is 0.464 e. The number of hydrogen-bond donors (Lipinski definition) is 2. The van der Waals surface area contributed by atoms with Crippen LogP contribution in [0.15, 0.2) is 28.9 Å². The minimum atomic E-state index is -0.171. The Morgan fingerprint density at radius 1 is 1.41 bits per heavy atom. The van der Waals surface area contributed by atoms with Gasteiger partial charge in [0.25, 0.3) is 5.91 Å². The highest BCUT2D eigenvalue weighted by Crippen LogP contribution is 2.26. The maximum Gasteiger partial charge on any atom is 0.267 e. The maximum absolute atomic E-state index is 12.4. The van der Waals surface area contributed by atoms with Gasteiger partial charge in [0.15, 0.2) is 0 Å². The van der Waals surface area contributed by atoms with Crippen molar-refractivity contribution in [1.29, 1.82) is 0 Å². The fourth-order valence-corrected chi connectivity index (χ4v) is 3.16. The lowest BCUT2D eigenvalue weighted by atomic mass is 10.2. The van der Waals surface area contributed by atoms with Crippen molar-refractivity contribution in [1.82, 2.24) is 4.98 Å². The van der Waals surface area contributed by atoms with Crippen LogP contribution < -0.4 is 11.1 Å². The Morgan fingerprint density at radius 2 is 2.18 bits per heavy atom. The molecule has 0 spiro atoms. The topological polar surface area (TPSA) is 81.1 Å². The molecule has 0 radical (unpaired) electrons. The van der Waals surface area contributed by atoms with Gasteiger partial charge in [-0.05, 0) is 44.5 Å². The van der Waals surface area contributed by atoms with Gasteiger partial charge in [-0.3, -0.25) is 4.79 Å². The van der Waals surface area contributed by atoms with Crippen LogP contribution in [-0.2, 0) is 0 Å². The summed E-state index contributed by atoms with van der Waals surface area (Å²) in [5.74, 6) is -0.164. The molecule has 1 atom stereocenters. The number of nitrogens with one attached hydrogen (secondary N) is 1. The van der Waals surface area contributed by atoms with E-state index in [9.17, 15) is 4.79 Å². The molecular weight excluding hydrogens is 298 g/mol. The van der Waals surface area contributed by atoms with E-state index >= 15 is 0 Å². The van der Waals surface area contributed by atoms with Gasteiger partial charge < -0.3 is 15.5 Å². The monoisotopic (exact) mass is 315 g/mol. The third-order valence-corrected chi connectivity index (χ3v) is 4.79. The highest BCUT2D eigenvalue weighted by atomic mass is 32.1. The summed E-state index contributed by atoms with van der Waals surface area (Å²) in [6.45, 7) is 5.65. The summed E-state index contributed by atoms with van der Waals surface area (Å²) >= 11 is 1.34. The van der Waals surface area contributed by atoms with Crippen molar-refractivity contribution in [2.24, 2.45) is 5.73 Å². The molecule has 0 aliphatic carbocycles. The number of amides is 1. The predicted molar refractivity (Wildman–Crippen MR) is 88.4 cm³/mol. The second kappa shape index (κ2) is 5.55. The summed E-state index contributed by atoms with van der Waals surface area (Å²) < 4.78 is 5.41. The van der Waals surface area contributed by atoms with E-state index in [2.05, 4.69) is 10.3 Å². The molecule has 2 heterocycles. The summed E-state index contributed by atoms with van der Waals surface area (Å²) in [6.07, 6.45) is 1.71. The normalized spacial score (nSPS) is 12.5. The molecule has 0 bridgehead atoms. The molecule has 5 nitrogen and oxygen atoms in total. The molecule has 3 rings (SSSR count). The van der Waals surface area contributed by atoms with E-state index in [1.807, 2.05) is 39.0 Å². The van der Waals surface area contributed by atoms with E-state index in [4.69, 9.17) is 10.2 Å². The van der Waals surface area contributed by atoms with Crippen LogP contribution in [0.1, 0.15) is 38.9 Å². The standard InChI is InChI=1S/C16H17N3O2S/c1-8-7-21-13-5-4-11(6-12(8)13)19-15(20)14-10(3)18-16(22-14)9(2)17/h4-7,9H,17H2,1-3H3,(H,19,20). The van der Waals surface area contributed by atoms with Crippen molar-refractivity contribution in [2.45, 2.75) is 26.8 Å².